The molecule has 106 valence electrons. The first-order valence-electron chi connectivity index (χ1n) is 6.56. The van der Waals surface area contributed by atoms with Crippen LogP contribution in [-0.4, -0.2) is 16.3 Å². The summed E-state index contributed by atoms with van der Waals surface area (Å²) < 4.78 is 0. The van der Waals surface area contributed by atoms with Gasteiger partial charge in [-0.25, -0.2) is 4.99 Å². The summed E-state index contributed by atoms with van der Waals surface area (Å²) in [6.07, 6.45) is 0. The number of nitrogens with two attached hydrogens (primary N) is 1. The van der Waals surface area contributed by atoms with Crippen molar-refractivity contribution in [1.29, 1.82) is 0 Å². The van der Waals surface area contributed by atoms with Gasteiger partial charge in [0.15, 0.2) is 5.17 Å². The van der Waals surface area contributed by atoms with Crippen LogP contribution in [0.4, 0.5) is 0 Å². The lowest BCUT2D eigenvalue weighted by Crippen LogP contribution is -2.32. The van der Waals surface area contributed by atoms with Crippen molar-refractivity contribution in [2.75, 3.05) is 0 Å². The molecule has 0 saturated heterocycles. The largest absolute Gasteiger partial charge is 0.366 e. The second-order valence-electron chi connectivity index (χ2n) is 4.94. The number of nitrogens with zero attached hydrogens (tertiary/aromatic N) is 1. The highest BCUT2D eigenvalue weighted by atomic mass is 32.2. The van der Waals surface area contributed by atoms with E-state index in [0.29, 0.717) is 10.8 Å². The highest BCUT2D eigenvalue weighted by Gasteiger charge is 2.27. The number of allylic oxidation sites excluding steroid dienone is 1. The van der Waals surface area contributed by atoms with E-state index in [2.05, 4.69) is 24.2 Å². The summed E-state index contributed by atoms with van der Waals surface area (Å²) in [6.45, 7) is 6.08. The zero-order chi connectivity index (χ0) is 14.7. The van der Waals surface area contributed by atoms with Crippen LogP contribution in [0.15, 0.2) is 46.6 Å². The van der Waals surface area contributed by atoms with Crippen LogP contribution in [0.25, 0.3) is 0 Å². The lowest BCUT2D eigenvalue weighted by atomic mass is 9.96. The molecule has 0 unspecified atom stereocenters. The summed E-state index contributed by atoms with van der Waals surface area (Å²) in [5, 5.41) is 4.42. The number of hydrogen-bond acceptors (Lipinski definition) is 4. The second kappa shape index (κ2) is 6.13. The van der Waals surface area contributed by atoms with Gasteiger partial charge >= 0.3 is 0 Å². The molecule has 1 amide bonds. The number of amides is 1. The smallest absolute Gasteiger partial charge is 0.248 e. The minimum Gasteiger partial charge on any atom is -0.366 e. The molecule has 0 bridgehead atoms. The number of nitrogens with one attached hydrogen (secondary N) is 1. The summed E-state index contributed by atoms with van der Waals surface area (Å²) >= 11 is 1.64. The third kappa shape index (κ3) is 3.22. The number of primary amides is 1. The first-order valence-corrected chi connectivity index (χ1v) is 7.44. The van der Waals surface area contributed by atoms with Gasteiger partial charge in [-0.3, -0.25) is 4.79 Å². The predicted octanol–water partition coefficient (Wildman–Crippen LogP) is 2.59. The Morgan fingerprint density at radius 3 is 2.55 bits per heavy atom. The Morgan fingerprint density at radius 2 is 2.00 bits per heavy atom. The van der Waals surface area contributed by atoms with E-state index in [1.165, 1.54) is 0 Å². The Morgan fingerprint density at radius 1 is 1.35 bits per heavy atom. The summed E-state index contributed by atoms with van der Waals surface area (Å²) in [7, 11) is 0. The van der Waals surface area contributed by atoms with Gasteiger partial charge in [0.1, 0.15) is 6.04 Å². The SMILES string of the molecule is CC1=C(C(N)=O)[C@H](c2ccccc2)N=C(SC(C)C)N1. The van der Waals surface area contributed by atoms with Crippen molar-refractivity contribution in [3.63, 3.8) is 0 Å². The van der Waals surface area contributed by atoms with E-state index in [9.17, 15) is 4.79 Å². The van der Waals surface area contributed by atoms with Crippen molar-refractivity contribution in [2.24, 2.45) is 10.7 Å². The third-order valence-electron chi connectivity index (χ3n) is 2.95. The molecule has 4 nitrogen and oxygen atoms in total. The van der Waals surface area contributed by atoms with Crippen molar-refractivity contribution >= 4 is 22.8 Å². The molecule has 1 heterocycles. The quantitative estimate of drug-likeness (QED) is 0.898. The van der Waals surface area contributed by atoms with Crippen LogP contribution in [0.2, 0.25) is 0 Å². The van der Waals surface area contributed by atoms with Gasteiger partial charge < -0.3 is 11.1 Å². The number of hydrogen-bond donors (Lipinski definition) is 2. The maximum atomic E-state index is 11.7. The Bertz CT molecular complexity index is 564. The molecule has 20 heavy (non-hydrogen) atoms. The number of carbonyl (C=O) groups is 1. The van der Waals surface area contributed by atoms with Crippen molar-refractivity contribution < 1.29 is 4.79 Å². The van der Waals surface area contributed by atoms with Gasteiger partial charge in [-0.15, -0.1) is 0 Å². The van der Waals surface area contributed by atoms with E-state index in [1.807, 2.05) is 37.3 Å². The number of aliphatic imine (C=N–C) groups is 1. The van der Waals surface area contributed by atoms with Crippen molar-refractivity contribution in [1.82, 2.24) is 5.32 Å². The number of thioether (sulfide) groups is 1. The minimum atomic E-state index is -0.429. The molecule has 3 N–H and O–H groups in total. The van der Waals surface area contributed by atoms with Gasteiger partial charge in [-0.1, -0.05) is 55.9 Å². The van der Waals surface area contributed by atoms with Crippen LogP contribution >= 0.6 is 11.8 Å². The highest BCUT2D eigenvalue weighted by Crippen LogP contribution is 2.32. The van der Waals surface area contributed by atoms with E-state index in [4.69, 9.17) is 5.73 Å². The van der Waals surface area contributed by atoms with Gasteiger partial charge in [-0.05, 0) is 12.5 Å². The van der Waals surface area contributed by atoms with Crippen LogP contribution in [0.5, 0.6) is 0 Å². The standard InChI is InChI=1S/C15H19N3OS/c1-9(2)20-15-17-10(3)12(14(16)19)13(18-15)11-7-5-4-6-8-11/h4-9,13H,1-3H3,(H2,16,19)(H,17,18)/t13-/m0/s1. The summed E-state index contributed by atoms with van der Waals surface area (Å²) in [5.74, 6) is -0.429. The van der Waals surface area contributed by atoms with E-state index in [-0.39, 0.29) is 6.04 Å². The average Bonchev–Trinajstić information content (AvgIpc) is 2.37. The molecule has 0 aromatic heterocycles. The van der Waals surface area contributed by atoms with Gasteiger partial charge in [-0.2, -0.15) is 0 Å². The highest BCUT2D eigenvalue weighted by molar-refractivity contribution is 8.14. The van der Waals surface area contributed by atoms with Gasteiger partial charge in [0.25, 0.3) is 0 Å². The van der Waals surface area contributed by atoms with Crippen molar-refractivity contribution in [3.05, 3.63) is 47.2 Å². The fourth-order valence-corrected chi connectivity index (χ4v) is 2.95. The van der Waals surface area contributed by atoms with E-state index in [1.54, 1.807) is 11.8 Å². The van der Waals surface area contributed by atoms with E-state index >= 15 is 0 Å². The molecule has 1 aliphatic heterocycles. The van der Waals surface area contributed by atoms with Crippen LogP contribution < -0.4 is 11.1 Å². The topological polar surface area (TPSA) is 67.5 Å². The number of rotatable bonds is 3. The number of amidine groups is 1. The maximum absolute atomic E-state index is 11.7. The molecule has 5 heteroatoms. The molecule has 0 fully saturated rings. The predicted molar refractivity (Wildman–Crippen MR) is 84.4 cm³/mol. The fraction of sp³-hybridized carbons (Fsp3) is 0.333. The molecule has 1 aliphatic rings. The van der Waals surface area contributed by atoms with Crippen LogP contribution in [0.1, 0.15) is 32.4 Å². The lowest BCUT2D eigenvalue weighted by molar-refractivity contribution is -0.114. The monoisotopic (exact) mass is 289 g/mol. The van der Waals surface area contributed by atoms with Gasteiger partial charge in [0.2, 0.25) is 5.91 Å². The van der Waals surface area contributed by atoms with Gasteiger partial charge in [0, 0.05) is 10.9 Å². The fourth-order valence-electron chi connectivity index (χ4n) is 2.13. The summed E-state index contributed by atoms with van der Waals surface area (Å²) in [6, 6.07) is 9.43. The molecule has 0 spiro atoms. The van der Waals surface area contributed by atoms with E-state index < -0.39 is 5.91 Å². The summed E-state index contributed by atoms with van der Waals surface area (Å²) in [4.78, 5) is 16.4. The molecule has 0 aliphatic carbocycles. The lowest BCUT2D eigenvalue weighted by Gasteiger charge is -2.25. The number of carbonyl (C=O) groups excluding carboxylic acids is 1. The summed E-state index contributed by atoms with van der Waals surface area (Å²) in [5.41, 5.74) is 7.81. The molecule has 1 atom stereocenters. The van der Waals surface area contributed by atoms with Crippen LogP contribution in [-0.2, 0) is 4.79 Å². The molecule has 1 aromatic carbocycles. The second-order valence-corrected chi connectivity index (χ2v) is 6.51. The molecule has 1 aromatic rings. The van der Waals surface area contributed by atoms with Crippen LogP contribution in [0.3, 0.4) is 0 Å². The first-order chi connectivity index (χ1) is 9.49. The zero-order valence-electron chi connectivity index (χ0n) is 11.9. The van der Waals surface area contributed by atoms with Gasteiger partial charge in [0.05, 0.1) is 5.57 Å². The number of benzene rings is 1. The average molecular weight is 289 g/mol. The van der Waals surface area contributed by atoms with Crippen molar-refractivity contribution in [3.8, 4) is 0 Å². The molecule has 0 saturated carbocycles. The normalized spacial score (nSPS) is 18.8. The Hall–Kier alpha value is -1.75. The maximum Gasteiger partial charge on any atom is 0.248 e. The third-order valence-corrected chi connectivity index (χ3v) is 3.85. The van der Waals surface area contributed by atoms with E-state index in [0.717, 1.165) is 16.4 Å². The first kappa shape index (κ1) is 14.7. The molecule has 2 rings (SSSR count). The zero-order valence-corrected chi connectivity index (χ0v) is 12.7. The molecular weight excluding hydrogens is 270 g/mol. The van der Waals surface area contributed by atoms with Crippen molar-refractivity contribution in [2.45, 2.75) is 32.1 Å². The Labute approximate surface area is 123 Å². The molecule has 0 radical (unpaired) electrons. The Kier molecular flexibility index (Phi) is 4.49. The molecular formula is C15H19N3OS. The minimum absolute atomic E-state index is 0.323. The Balaban J connectivity index is 2.42. The van der Waals surface area contributed by atoms with Crippen LogP contribution in [0, 0.1) is 0 Å².